The molecule has 0 saturated heterocycles. The fraction of sp³-hybridized carbons (Fsp3) is 0. The highest BCUT2D eigenvalue weighted by atomic mass is 79.9. The van der Waals surface area contributed by atoms with Gasteiger partial charge in [0.25, 0.3) is 0 Å². The van der Waals surface area contributed by atoms with Crippen LogP contribution in [0.1, 0.15) is 0 Å². The standard InChI is InChI=1S/C17H13BrN6/c18-12-8-6-10(7-9-12)14-13-15(19)21-16(11-4-2-1-3-5-11)22-17(13)24(20)23-14/h1-9H,20H2,(H2,19,21,22). The molecule has 6 nitrogen and oxygen atoms in total. The number of fused-ring (bicyclic) bond motifs is 1. The number of hydrogen-bond donors (Lipinski definition) is 2. The maximum atomic E-state index is 6.21. The lowest BCUT2D eigenvalue weighted by Gasteiger charge is -2.04. The number of benzene rings is 2. The first-order chi connectivity index (χ1) is 11.6. The normalized spacial score (nSPS) is 11.0. The molecule has 0 unspecified atom stereocenters. The van der Waals surface area contributed by atoms with Gasteiger partial charge in [0, 0.05) is 15.6 Å². The van der Waals surface area contributed by atoms with Crippen LogP contribution in [0.4, 0.5) is 5.82 Å². The van der Waals surface area contributed by atoms with E-state index in [0.717, 1.165) is 15.6 Å². The van der Waals surface area contributed by atoms with Gasteiger partial charge < -0.3 is 11.6 Å². The topological polar surface area (TPSA) is 95.6 Å². The van der Waals surface area contributed by atoms with Crippen molar-refractivity contribution < 1.29 is 0 Å². The van der Waals surface area contributed by atoms with Gasteiger partial charge >= 0.3 is 0 Å². The van der Waals surface area contributed by atoms with Gasteiger partial charge in [0.2, 0.25) is 0 Å². The van der Waals surface area contributed by atoms with E-state index in [4.69, 9.17) is 11.6 Å². The van der Waals surface area contributed by atoms with Crippen molar-refractivity contribution in [1.82, 2.24) is 19.9 Å². The van der Waals surface area contributed by atoms with Crippen LogP contribution in [-0.4, -0.2) is 19.9 Å². The van der Waals surface area contributed by atoms with E-state index in [1.807, 2.05) is 54.6 Å². The van der Waals surface area contributed by atoms with Crippen LogP contribution in [0.15, 0.2) is 59.1 Å². The zero-order chi connectivity index (χ0) is 16.7. The van der Waals surface area contributed by atoms with Crippen molar-refractivity contribution in [3.8, 4) is 22.6 Å². The smallest absolute Gasteiger partial charge is 0.186 e. The maximum absolute atomic E-state index is 6.21. The Hall–Kier alpha value is -2.93. The van der Waals surface area contributed by atoms with Gasteiger partial charge in [-0.2, -0.15) is 4.79 Å². The van der Waals surface area contributed by atoms with Crippen LogP contribution in [-0.2, 0) is 0 Å². The Labute approximate surface area is 146 Å². The Kier molecular flexibility index (Phi) is 3.42. The summed E-state index contributed by atoms with van der Waals surface area (Å²) >= 11 is 3.42. The van der Waals surface area contributed by atoms with Gasteiger partial charge in [0.1, 0.15) is 11.5 Å². The molecule has 0 bridgehead atoms. The predicted molar refractivity (Wildman–Crippen MR) is 98.5 cm³/mol. The van der Waals surface area contributed by atoms with E-state index in [1.54, 1.807) is 0 Å². The molecule has 4 rings (SSSR count). The molecule has 7 heteroatoms. The molecule has 118 valence electrons. The average molecular weight is 381 g/mol. The molecule has 24 heavy (non-hydrogen) atoms. The molecule has 0 amide bonds. The summed E-state index contributed by atoms with van der Waals surface area (Å²) in [5, 5.41) is 5.03. The summed E-state index contributed by atoms with van der Waals surface area (Å²) in [5.74, 6) is 6.89. The largest absolute Gasteiger partial charge is 0.383 e. The third-order valence-corrected chi connectivity index (χ3v) is 4.26. The molecule has 4 N–H and O–H groups in total. The van der Waals surface area contributed by atoms with Gasteiger partial charge in [-0.25, -0.2) is 9.97 Å². The Morgan fingerprint density at radius 1 is 0.875 bits per heavy atom. The van der Waals surface area contributed by atoms with Crippen molar-refractivity contribution >= 4 is 32.8 Å². The second-order valence-corrected chi connectivity index (χ2v) is 6.21. The first-order valence-electron chi connectivity index (χ1n) is 7.26. The minimum absolute atomic E-state index is 0.355. The van der Waals surface area contributed by atoms with Crippen LogP contribution in [0.25, 0.3) is 33.7 Å². The molecule has 0 aliphatic carbocycles. The van der Waals surface area contributed by atoms with E-state index in [1.165, 1.54) is 4.79 Å². The van der Waals surface area contributed by atoms with Gasteiger partial charge in [-0.05, 0) is 12.1 Å². The molecule has 0 spiro atoms. The van der Waals surface area contributed by atoms with Gasteiger partial charge in [0.15, 0.2) is 11.5 Å². The molecule has 0 radical (unpaired) electrons. The van der Waals surface area contributed by atoms with Crippen molar-refractivity contribution in [1.29, 1.82) is 0 Å². The van der Waals surface area contributed by atoms with Gasteiger partial charge in [-0.3, -0.25) is 0 Å². The fourth-order valence-electron chi connectivity index (χ4n) is 2.59. The lowest BCUT2D eigenvalue weighted by molar-refractivity contribution is 0.853. The summed E-state index contributed by atoms with van der Waals surface area (Å²) in [6.45, 7) is 0. The summed E-state index contributed by atoms with van der Waals surface area (Å²) in [6.07, 6.45) is 0. The number of nitrogen functional groups attached to an aromatic ring is 2. The molecule has 2 aromatic heterocycles. The monoisotopic (exact) mass is 380 g/mol. The number of aromatic nitrogens is 4. The highest BCUT2D eigenvalue weighted by Crippen LogP contribution is 2.31. The van der Waals surface area contributed by atoms with E-state index in [-0.39, 0.29) is 0 Å². The van der Waals surface area contributed by atoms with Crippen molar-refractivity contribution in [3.63, 3.8) is 0 Å². The molecule has 0 aliphatic heterocycles. The molecule has 4 aromatic rings. The van der Waals surface area contributed by atoms with E-state index >= 15 is 0 Å². The number of anilines is 1. The van der Waals surface area contributed by atoms with E-state index in [9.17, 15) is 0 Å². The van der Waals surface area contributed by atoms with E-state index in [2.05, 4.69) is 31.0 Å². The Balaban J connectivity index is 1.95. The van der Waals surface area contributed by atoms with E-state index < -0.39 is 0 Å². The average Bonchev–Trinajstić information content (AvgIpc) is 2.94. The van der Waals surface area contributed by atoms with Crippen LogP contribution in [0.3, 0.4) is 0 Å². The first-order valence-corrected chi connectivity index (χ1v) is 8.05. The molecular formula is C17H13BrN6. The predicted octanol–water partition coefficient (Wildman–Crippen LogP) is 3.22. The Bertz CT molecular complexity index is 1020. The van der Waals surface area contributed by atoms with Crippen LogP contribution in [0.2, 0.25) is 0 Å². The van der Waals surface area contributed by atoms with Crippen molar-refractivity contribution in [2.45, 2.75) is 0 Å². The number of nitrogens with two attached hydrogens (primary N) is 2. The summed E-state index contributed by atoms with van der Waals surface area (Å²) in [4.78, 5) is 10.2. The first kappa shape index (κ1) is 14.6. The van der Waals surface area contributed by atoms with Gasteiger partial charge in [0.05, 0.1) is 5.39 Å². The SMILES string of the molecule is Nc1nc(-c2ccccc2)nc2c1c(-c1ccc(Br)cc1)nn2N. The van der Waals surface area contributed by atoms with Crippen molar-refractivity contribution in [2.24, 2.45) is 0 Å². The van der Waals surface area contributed by atoms with Crippen molar-refractivity contribution in [2.75, 3.05) is 11.6 Å². The zero-order valence-corrected chi connectivity index (χ0v) is 14.1. The summed E-state index contributed by atoms with van der Waals surface area (Å²) < 4.78 is 0.985. The number of hydrogen-bond acceptors (Lipinski definition) is 5. The van der Waals surface area contributed by atoms with E-state index in [0.29, 0.717) is 28.4 Å². The fourth-order valence-corrected chi connectivity index (χ4v) is 2.85. The summed E-state index contributed by atoms with van der Waals surface area (Å²) in [6, 6.07) is 17.4. The van der Waals surface area contributed by atoms with Gasteiger partial charge in [-0.15, -0.1) is 5.10 Å². The number of nitrogens with zero attached hydrogens (tertiary/aromatic N) is 4. The Morgan fingerprint density at radius 2 is 1.58 bits per heavy atom. The third kappa shape index (κ3) is 2.39. The quantitative estimate of drug-likeness (QED) is 0.520. The Morgan fingerprint density at radius 3 is 2.29 bits per heavy atom. The zero-order valence-electron chi connectivity index (χ0n) is 12.5. The maximum Gasteiger partial charge on any atom is 0.186 e. The molecule has 0 atom stereocenters. The van der Waals surface area contributed by atoms with Crippen LogP contribution >= 0.6 is 15.9 Å². The third-order valence-electron chi connectivity index (χ3n) is 3.73. The molecule has 2 heterocycles. The van der Waals surface area contributed by atoms with Gasteiger partial charge in [-0.1, -0.05) is 58.4 Å². The molecule has 0 aliphatic rings. The molecular weight excluding hydrogens is 368 g/mol. The lowest BCUT2D eigenvalue weighted by atomic mass is 10.1. The van der Waals surface area contributed by atoms with Crippen LogP contribution < -0.4 is 11.6 Å². The molecule has 2 aromatic carbocycles. The number of halogens is 1. The highest BCUT2D eigenvalue weighted by Gasteiger charge is 2.18. The number of rotatable bonds is 2. The summed E-state index contributed by atoms with van der Waals surface area (Å²) in [7, 11) is 0. The molecule has 0 saturated carbocycles. The molecule has 0 fully saturated rings. The second-order valence-electron chi connectivity index (χ2n) is 5.30. The minimum Gasteiger partial charge on any atom is -0.383 e. The minimum atomic E-state index is 0.355. The highest BCUT2D eigenvalue weighted by molar-refractivity contribution is 9.10. The summed E-state index contributed by atoms with van der Waals surface area (Å²) in [5.41, 5.74) is 9.14. The second kappa shape index (κ2) is 5.61. The van der Waals surface area contributed by atoms with Crippen LogP contribution in [0, 0.1) is 0 Å². The van der Waals surface area contributed by atoms with Crippen LogP contribution in [0.5, 0.6) is 0 Å². The van der Waals surface area contributed by atoms with Crippen molar-refractivity contribution in [3.05, 3.63) is 59.1 Å². The lowest BCUT2D eigenvalue weighted by Crippen LogP contribution is -2.11.